The standard InChI is InChI=1S/C12H8Cl2N4/c13-7-1-3-9-10(5-7)17-18-12(9)16-8-2-4-11(14)15-6-8/h1-6H,(H2,16,17,18). The lowest BCUT2D eigenvalue weighted by atomic mass is 10.2. The van der Waals surface area contributed by atoms with E-state index in [2.05, 4.69) is 20.5 Å². The fraction of sp³-hybridized carbons (Fsp3) is 0. The Bertz CT molecular complexity index is 691. The molecule has 0 radical (unpaired) electrons. The predicted molar refractivity (Wildman–Crippen MR) is 73.6 cm³/mol. The fourth-order valence-corrected chi connectivity index (χ4v) is 1.96. The second-order valence-corrected chi connectivity index (χ2v) is 4.58. The molecule has 0 aliphatic carbocycles. The Morgan fingerprint density at radius 1 is 1.11 bits per heavy atom. The molecule has 2 N–H and O–H groups in total. The summed E-state index contributed by atoms with van der Waals surface area (Å²) < 4.78 is 0. The van der Waals surface area contributed by atoms with Crippen LogP contribution in [-0.2, 0) is 0 Å². The average molecular weight is 279 g/mol. The summed E-state index contributed by atoms with van der Waals surface area (Å²) in [7, 11) is 0. The van der Waals surface area contributed by atoms with E-state index in [1.807, 2.05) is 24.3 Å². The molecule has 0 saturated heterocycles. The molecule has 0 saturated carbocycles. The van der Waals surface area contributed by atoms with Crippen LogP contribution in [0.25, 0.3) is 10.9 Å². The molecule has 0 amide bonds. The van der Waals surface area contributed by atoms with Crippen molar-refractivity contribution in [3.8, 4) is 0 Å². The largest absolute Gasteiger partial charge is 0.337 e. The van der Waals surface area contributed by atoms with E-state index in [4.69, 9.17) is 23.2 Å². The monoisotopic (exact) mass is 278 g/mol. The first kappa shape index (κ1) is 11.3. The van der Waals surface area contributed by atoms with E-state index < -0.39 is 0 Å². The highest BCUT2D eigenvalue weighted by molar-refractivity contribution is 6.31. The van der Waals surface area contributed by atoms with Crippen LogP contribution in [0.5, 0.6) is 0 Å². The van der Waals surface area contributed by atoms with E-state index in [0.717, 1.165) is 22.4 Å². The zero-order chi connectivity index (χ0) is 12.5. The van der Waals surface area contributed by atoms with Gasteiger partial charge in [0.2, 0.25) is 0 Å². The first-order valence-electron chi connectivity index (χ1n) is 5.24. The normalized spacial score (nSPS) is 10.8. The van der Waals surface area contributed by atoms with Crippen LogP contribution in [0.4, 0.5) is 11.5 Å². The quantitative estimate of drug-likeness (QED) is 0.697. The lowest BCUT2D eigenvalue weighted by molar-refractivity contribution is 1.12. The molecule has 3 rings (SSSR count). The van der Waals surface area contributed by atoms with E-state index in [0.29, 0.717) is 10.2 Å². The zero-order valence-electron chi connectivity index (χ0n) is 9.11. The molecular weight excluding hydrogens is 271 g/mol. The van der Waals surface area contributed by atoms with Gasteiger partial charge in [-0.2, -0.15) is 5.10 Å². The summed E-state index contributed by atoms with van der Waals surface area (Å²) in [4.78, 5) is 4.00. The first-order chi connectivity index (χ1) is 8.72. The van der Waals surface area contributed by atoms with Gasteiger partial charge in [0.05, 0.1) is 17.4 Å². The van der Waals surface area contributed by atoms with Gasteiger partial charge >= 0.3 is 0 Å². The minimum atomic E-state index is 0.458. The van der Waals surface area contributed by atoms with Crippen molar-refractivity contribution >= 4 is 45.6 Å². The minimum absolute atomic E-state index is 0.458. The van der Waals surface area contributed by atoms with Gasteiger partial charge in [-0.25, -0.2) is 4.98 Å². The Hall–Kier alpha value is -1.78. The van der Waals surface area contributed by atoms with Crippen LogP contribution >= 0.6 is 23.2 Å². The number of rotatable bonds is 2. The number of fused-ring (bicyclic) bond motifs is 1. The molecule has 0 atom stereocenters. The van der Waals surface area contributed by atoms with Gasteiger partial charge in [0.1, 0.15) is 5.15 Å². The number of H-pyrrole nitrogens is 1. The highest BCUT2D eigenvalue weighted by Crippen LogP contribution is 2.26. The number of aromatic nitrogens is 3. The molecule has 0 aliphatic heterocycles. The summed E-state index contributed by atoms with van der Waals surface area (Å²) in [6, 6.07) is 9.12. The van der Waals surface area contributed by atoms with E-state index in [9.17, 15) is 0 Å². The fourth-order valence-electron chi connectivity index (χ4n) is 1.67. The summed E-state index contributed by atoms with van der Waals surface area (Å²) in [5, 5.41) is 12.4. The number of hydrogen-bond donors (Lipinski definition) is 2. The number of anilines is 2. The first-order valence-corrected chi connectivity index (χ1v) is 6.00. The summed E-state index contributed by atoms with van der Waals surface area (Å²) >= 11 is 11.6. The molecule has 3 aromatic rings. The van der Waals surface area contributed by atoms with Crippen molar-refractivity contribution in [2.75, 3.05) is 5.32 Å². The summed E-state index contributed by atoms with van der Waals surface area (Å²) in [5.41, 5.74) is 1.70. The second-order valence-electron chi connectivity index (χ2n) is 3.76. The molecule has 0 spiro atoms. The number of pyridine rings is 1. The van der Waals surface area contributed by atoms with Gasteiger partial charge in [-0.3, -0.25) is 5.10 Å². The Labute approximate surface area is 113 Å². The number of nitrogens with one attached hydrogen (secondary N) is 2. The van der Waals surface area contributed by atoms with Crippen LogP contribution in [-0.4, -0.2) is 15.2 Å². The SMILES string of the molecule is Clc1ccc2c(Nc3ccc(Cl)nc3)n[nH]c2c1. The Morgan fingerprint density at radius 2 is 2.00 bits per heavy atom. The van der Waals surface area contributed by atoms with E-state index in [-0.39, 0.29) is 0 Å². The Balaban J connectivity index is 1.97. The molecule has 18 heavy (non-hydrogen) atoms. The van der Waals surface area contributed by atoms with Crippen molar-refractivity contribution in [2.45, 2.75) is 0 Å². The van der Waals surface area contributed by atoms with Crippen LogP contribution in [0.15, 0.2) is 36.5 Å². The minimum Gasteiger partial charge on any atom is -0.337 e. The molecule has 6 heteroatoms. The zero-order valence-corrected chi connectivity index (χ0v) is 10.6. The Morgan fingerprint density at radius 3 is 2.78 bits per heavy atom. The van der Waals surface area contributed by atoms with Crippen LogP contribution in [0.1, 0.15) is 0 Å². The number of aromatic amines is 1. The van der Waals surface area contributed by atoms with Gasteiger partial charge in [-0.15, -0.1) is 0 Å². The van der Waals surface area contributed by atoms with Crippen molar-refractivity contribution in [1.82, 2.24) is 15.2 Å². The number of benzene rings is 1. The maximum absolute atomic E-state index is 5.91. The van der Waals surface area contributed by atoms with Gasteiger partial charge in [-0.1, -0.05) is 23.2 Å². The lowest BCUT2D eigenvalue weighted by Crippen LogP contribution is -1.91. The third kappa shape index (κ3) is 2.12. The lowest BCUT2D eigenvalue weighted by Gasteiger charge is -2.02. The van der Waals surface area contributed by atoms with Crippen molar-refractivity contribution in [2.24, 2.45) is 0 Å². The van der Waals surface area contributed by atoms with Crippen LogP contribution in [0.2, 0.25) is 10.2 Å². The number of halogens is 2. The Kier molecular flexibility index (Phi) is 2.81. The summed E-state index contributed by atoms with van der Waals surface area (Å²) in [6.45, 7) is 0. The van der Waals surface area contributed by atoms with Crippen LogP contribution in [0, 0.1) is 0 Å². The maximum atomic E-state index is 5.91. The molecular formula is C12H8Cl2N4. The molecule has 2 heterocycles. The molecule has 2 aromatic heterocycles. The summed E-state index contributed by atoms with van der Waals surface area (Å²) in [6.07, 6.45) is 1.65. The van der Waals surface area contributed by atoms with Crippen LogP contribution in [0.3, 0.4) is 0 Å². The second kappa shape index (κ2) is 4.48. The molecule has 0 fully saturated rings. The molecule has 0 aliphatic rings. The maximum Gasteiger partial charge on any atom is 0.160 e. The van der Waals surface area contributed by atoms with Crippen molar-refractivity contribution in [3.05, 3.63) is 46.7 Å². The third-order valence-electron chi connectivity index (χ3n) is 2.52. The smallest absolute Gasteiger partial charge is 0.160 e. The van der Waals surface area contributed by atoms with Gasteiger partial charge in [0, 0.05) is 10.4 Å². The van der Waals surface area contributed by atoms with E-state index >= 15 is 0 Å². The predicted octanol–water partition coefficient (Wildman–Crippen LogP) is 4.01. The molecule has 0 unspecified atom stereocenters. The summed E-state index contributed by atoms with van der Waals surface area (Å²) in [5.74, 6) is 0.728. The van der Waals surface area contributed by atoms with E-state index in [1.54, 1.807) is 12.3 Å². The van der Waals surface area contributed by atoms with Crippen molar-refractivity contribution < 1.29 is 0 Å². The molecule has 90 valence electrons. The number of nitrogens with zero attached hydrogens (tertiary/aromatic N) is 2. The number of hydrogen-bond acceptors (Lipinski definition) is 3. The van der Waals surface area contributed by atoms with Gasteiger partial charge in [0.25, 0.3) is 0 Å². The van der Waals surface area contributed by atoms with Gasteiger partial charge in [0.15, 0.2) is 5.82 Å². The van der Waals surface area contributed by atoms with Crippen molar-refractivity contribution in [1.29, 1.82) is 0 Å². The highest BCUT2D eigenvalue weighted by atomic mass is 35.5. The molecule has 0 bridgehead atoms. The van der Waals surface area contributed by atoms with Crippen LogP contribution < -0.4 is 5.32 Å². The van der Waals surface area contributed by atoms with Gasteiger partial charge in [-0.05, 0) is 30.3 Å². The molecule has 1 aromatic carbocycles. The van der Waals surface area contributed by atoms with Crippen molar-refractivity contribution in [3.63, 3.8) is 0 Å². The average Bonchev–Trinajstić information content (AvgIpc) is 2.74. The highest BCUT2D eigenvalue weighted by Gasteiger charge is 2.06. The molecule has 4 nitrogen and oxygen atoms in total. The topological polar surface area (TPSA) is 53.6 Å². The van der Waals surface area contributed by atoms with E-state index in [1.165, 1.54) is 0 Å². The van der Waals surface area contributed by atoms with Gasteiger partial charge < -0.3 is 5.32 Å². The third-order valence-corrected chi connectivity index (χ3v) is 2.97.